The van der Waals surface area contributed by atoms with Gasteiger partial charge in [0.15, 0.2) is 0 Å². The first kappa shape index (κ1) is 20.8. The zero-order valence-electron chi connectivity index (χ0n) is 16.1. The van der Waals surface area contributed by atoms with Crippen molar-refractivity contribution < 1.29 is 14.3 Å². The smallest absolute Gasteiger partial charge is 0.256 e. The molecule has 2 aromatic rings. The van der Waals surface area contributed by atoms with Crippen molar-refractivity contribution in [3.8, 4) is 0 Å². The van der Waals surface area contributed by atoms with Crippen LogP contribution in [0, 0.1) is 5.41 Å². The van der Waals surface area contributed by atoms with E-state index >= 15 is 0 Å². The van der Waals surface area contributed by atoms with Crippen LogP contribution in [0.15, 0.2) is 42.5 Å². The molecule has 0 saturated heterocycles. The van der Waals surface area contributed by atoms with Gasteiger partial charge in [0.05, 0.1) is 0 Å². The van der Waals surface area contributed by atoms with Crippen LogP contribution in [-0.2, 0) is 14.3 Å². The van der Waals surface area contributed by atoms with Gasteiger partial charge in [-0.15, -0.1) is 0 Å². The minimum Gasteiger partial charge on any atom is -0.355 e. The number of anilines is 1. The van der Waals surface area contributed by atoms with Gasteiger partial charge in [-0.3, -0.25) is 4.79 Å². The van der Waals surface area contributed by atoms with Crippen LogP contribution in [0.1, 0.15) is 44.4 Å². The molecule has 0 fully saturated rings. The van der Waals surface area contributed by atoms with Gasteiger partial charge in [0.2, 0.25) is 0 Å². The molecule has 3 rings (SSSR count). The molecular weight excluding hydrogens is 397 g/mol. The second-order valence-corrected chi connectivity index (χ2v) is 8.96. The summed E-state index contributed by atoms with van der Waals surface area (Å²) < 4.78 is 6.19. The molecule has 0 bridgehead atoms. The molecule has 28 heavy (non-hydrogen) atoms. The first-order chi connectivity index (χ1) is 13.2. The third-order valence-electron chi connectivity index (χ3n) is 4.54. The highest BCUT2D eigenvalue weighted by Crippen LogP contribution is 2.42. The molecule has 2 aromatic carbocycles. The average molecular weight is 420 g/mol. The predicted octanol–water partition coefficient (Wildman–Crippen LogP) is 5.45. The predicted molar refractivity (Wildman–Crippen MR) is 112 cm³/mol. The number of nitrogens with zero attached hydrogens (tertiary/aromatic N) is 1. The fourth-order valence-corrected chi connectivity index (χ4v) is 3.79. The first-order valence-corrected chi connectivity index (χ1v) is 9.91. The number of amides is 1. The number of hydrogen-bond donors (Lipinski definition) is 0. The summed E-state index contributed by atoms with van der Waals surface area (Å²) in [4.78, 5) is 26.3. The van der Waals surface area contributed by atoms with Crippen LogP contribution in [0.4, 0.5) is 5.69 Å². The molecule has 0 spiro atoms. The van der Waals surface area contributed by atoms with E-state index in [1.807, 2.05) is 24.3 Å². The highest BCUT2D eigenvalue weighted by atomic mass is 35.5. The van der Waals surface area contributed by atoms with E-state index in [1.54, 1.807) is 23.1 Å². The lowest BCUT2D eigenvalue weighted by atomic mass is 9.94. The third kappa shape index (κ3) is 4.40. The maximum absolute atomic E-state index is 13.3. The molecule has 0 radical (unpaired) electrons. The van der Waals surface area contributed by atoms with E-state index in [2.05, 4.69) is 20.8 Å². The van der Waals surface area contributed by atoms with E-state index in [1.165, 1.54) is 0 Å². The van der Waals surface area contributed by atoms with Crippen LogP contribution in [0.5, 0.6) is 0 Å². The van der Waals surface area contributed by atoms with E-state index < -0.39 is 12.2 Å². The number of benzene rings is 2. The average Bonchev–Trinajstić information content (AvgIpc) is 2.72. The van der Waals surface area contributed by atoms with Crippen LogP contribution < -0.4 is 4.90 Å². The monoisotopic (exact) mass is 419 g/mol. The van der Waals surface area contributed by atoms with Crippen molar-refractivity contribution in [1.82, 2.24) is 0 Å². The molecule has 2 atom stereocenters. The third-order valence-corrected chi connectivity index (χ3v) is 5.11. The highest BCUT2D eigenvalue weighted by Gasteiger charge is 2.38. The zero-order valence-corrected chi connectivity index (χ0v) is 17.6. The molecule has 2 unspecified atom stereocenters. The SMILES string of the molecule is CC(C)(C)CN1C(=O)C(CC=O)OC(c2ccccc2Cl)c2cc(Cl)ccc21. The summed E-state index contributed by atoms with van der Waals surface area (Å²) in [6.07, 6.45) is -0.819. The van der Waals surface area contributed by atoms with Gasteiger partial charge < -0.3 is 14.4 Å². The molecule has 1 amide bonds. The summed E-state index contributed by atoms with van der Waals surface area (Å²) in [5.74, 6) is -0.236. The van der Waals surface area contributed by atoms with Gasteiger partial charge in [-0.2, -0.15) is 0 Å². The Kier molecular flexibility index (Phi) is 6.13. The molecule has 1 heterocycles. The van der Waals surface area contributed by atoms with Crippen molar-refractivity contribution in [2.45, 2.75) is 39.4 Å². The Hall–Kier alpha value is -1.88. The van der Waals surface area contributed by atoms with Gasteiger partial charge >= 0.3 is 0 Å². The molecule has 0 saturated carbocycles. The van der Waals surface area contributed by atoms with Crippen molar-refractivity contribution in [2.24, 2.45) is 5.41 Å². The maximum atomic E-state index is 13.3. The van der Waals surface area contributed by atoms with E-state index in [0.29, 0.717) is 22.9 Å². The van der Waals surface area contributed by atoms with E-state index in [9.17, 15) is 9.59 Å². The van der Waals surface area contributed by atoms with Crippen molar-refractivity contribution >= 4 is 41.1 Å². The number of halogens is 2. The van der Waals surface area contributed by atoms with Crippen LogP contribution in [-0.4, -0.2) is 24.8 Å². The number of carbonyl (C=O) groups is 2. The maximum Gasteiger partial charge on any atom is 0.256 e. The van der Waals surface area contributed by atoms with Crippen LogP contribution in [0.2, 0.25) is 10.0 Å². The van der Waals surface area contributed by atoms with E-state index in [0.717, 1.165) is 16.8 Å². The molecule has 6 heteroatoms. The van der Waals surface area contributed by atoms with Crippen LogP contribution in [0.25, 0.3) is 0 Å². The first-order valence-electron chi connectivity index (χ1n) is 9.15. The Labute approximate surface area is 175 Å². The summed E-state index contributed by atoms with van der Waals surface area (Å²) in [6.45, 7) is 6.65. The lowest BCUT2D eigenvalue weighted by Gasteiger charge is -2.31. The normalized spacial score (nSPS) is 19.9. The molecule has 1 aliphatic heterocycles. The Morgan fingerprint density at radius 1 is 1.11 bits per heavy atom. The van der Waals surface area contributed by atoms with Crippen LogP contribution in [0.3, 0.4) is 0 Å². The molecule has 1 aliphatic rings. The van der Waals surface area contributed by atoms with Crippen LogP contribution >= 0.6 is 23.2 Å². The second-order valence-electron chi connectivity index (χ2n) is 8.12. The van der Waals surface area contributed by atoms with Crippen molar-refractivity contribution in [3.63, 3.8) is 0 Å². The summed E-state index contributed by atoms with van der Waals surface area (Å²) in [6, 6.07) is 12.7. The van der Waals surface area contributed by atoms with Gasteiger partial charge in [0, 0.05) is 39.8 Å². The number of ether oxygens (including phenoxy) is 1. The van der Waals surface area contributed by atoms with Gasteiger partial charge in [-0.1, -0.05) is 62.2 Å². The minimum absolute atomic E-state index is 0.0256. The summed E-state index contributed by atoms with van der Waals surface area (Å²) in [7, 11) is 0. The molecule has 0 N–H and O–H groups in total. The Bertz CT molecular complexity index is 892. The van der Waals surface area contributed by atoms with Crippen molar-refractivity contribution in [2.75, 3.05) is 11.4 Å². The van der Waals surface area contributed by atoms with Crippen molar-refractivity contribution in [3.05, 3.63) is 63.6 Å². The number of carbonyl (C=O) groups excluding carboxylic acids is 2. The number of hydrogen-bond acceptors (Lipinski definition) is 3. The largest absolute Gasteiger partial charge is 0.355 e. The topological polar surface area (TPSA) is 46.6 Å². The van der Waals surface area contributed by atoms with E-state index in [-0.39, 0.29) is 17.7 Å². The summed E-state index contributed by atoms with van der Waals surface area (Å²) in [5, 5.41) is 1.07. The fraction of sp³-hybridized carbons (Fsp3) is 0.364. The van der Waals surface area contributed by atoms with E-state index in [4.69, 9.17) is 27.9 Å². The van der Waals surface area contributed by atoms with Gasteiger partial charge in [-0.05, 0) is 29.7 Å². The lowest BCUT2D eigenvalue weighted by Crippen LogP contribution is -2.43. The summed E-state index contributed by atoms with van der Waals surface area (Å²) >= 11 is 12.7. The molecule has 4 nitrogen and oxygen atoms in total. The molecular formula is C22H23Cl2NO3. The number of rotatable bonds is 4. The number of aldehydes is 1. The zero-order chi connectivity index (χ0) is 20.5. The fourth-order valence-electron chi connectivity index (χ4n) is 3.38. The Morgan fingerprint density at radius 3 is 2.46 bits per heavy atom. The van der Waals surface area contributed by atoms with Gasteiger partial charge in [0.1, 0.15) is 18.5 Å². The molecule has 0 aromatic heterocycles. The van der Waals surface area contributed by atoms with Crippen molar-refractivity contribution in [1.29, 1.82) is 0 Å². The Balaban J connectivity index is 2.22. The molecule has 0 aliphatic carbocycles. The minimum atomic E-state index is -0.896. The second kappa shape index (κ2) is 8.24. The standard InChI is InChI=1S/C22H23Cl2NO3/c1-22(2,3)13-25-18-9-8-14(23)12-16(18)20(15-6-4-5-7-17(15)24)28-19(10-11-26)21(25)27/h4-9,11-12,19-20H,10,13H2,1-3H3. The summed E-state index contributed by atoms with van der Waals surface area (Å²) in [5.41, 5.74) is 2.06. The quantitative estimate of drug-likeness (QED) is 0.618. The number of fused-ring (bicyclic) bond motifs is 1. The van der Waals surface area contributed by atoms with Gasteiger partial charge in [-0.25, -0.2) is 0 Å². The highest BCUT2D eigenvalue weighted by molar-refractivity contribution is 6.31. The molecule has 148 valence electrons. The lowest BCUT2D eigenvalue weighted by molar-refractivity contribution is -0.134. The Morgan fingerprint density at radius 2 is 1.82 bits per heavy atom. The van der Waals surface area contributed by atoms with Gasteiger partial charge in [0.25, 0.3) is 5.91 Å².